The number of benzene rings is 1. The molecule has 0 atom stereocenters. The maximum atomic E-state index is 11.2. The van der Waals surface area contributed by atoms with Gasteiger partial charge in [0.15, 0.2) is 5.52 Å². The number of nitrogens with zero attached hydrogens (tertiary/aromatic N) is 3. The molecule has 1 aliphatic heterocycles. The van der Waals surface area contributed by atoms with Gasteiger partial charge in [0, 0.05) is 42.5 Å². The summed E-state index contributed by atoms with van der Waals surface area (Å²) in [6, 6.07) is 7.02. The number of ether oxygens (including phenoxy) is 1. The van der Waals surface area contributed by atoms with E-state index in [0.29, 0.717) is 5.52 Å². The lowest BCUT2D eigenvalue weighted by Crippen LogP contribution is -2.37. The van der Waals surface area contributed by atoms with Crippen LogP contribution in [0.1, 0.15) is 12.1 Å². The first-order chi connectivity index (χ1) is 11.6. The van der Waals surface area contributed by atoms with Crippen molar-refractivity contribution >= 4 is 22.3 Å². The van der Waals surface area contributed by atoms with Gasteiger partial charge in [0.25, 0.3) is 5.69 Å². The number of fused-ring (bicyclic) bond motifs is 1. The van der Waals surface area contributed by atoms with Crippen LogP contribution in [0.5, 0.6) is 0 Å². The van der Waals surface area contributed by atoms with Gasteiger partial charge in [0.05, 0.1) is 18.1 Å². The number of nitro groups is 1. The van der Waals surface area contributed by atoms with E-state index in [-0.39, 0.29) is 10.6 Å². The lowest BCUT2D eigenvalue weighted by molar-refractivity contribution is -0.383. The molecule has 1 aromatic carbocycles. The third-order valence-electron chi connectivity index (χ3n) is 4.21. The zero-order chi connectivity index (χ0) is 16.9. The number of nitro benzene ring substituents is 1. The third kappa shape index (κ3) is 3.80. The summed E-state index contributed by atoms with van der Waals surface area (Å²) in [4.78, 5) is 17.6. The number of nitrogens with one attached hydrogen (secondary N) is 1. The first-order valence-electron chi connectivity index (χ1n) is 8.24. The van der Waals surface area contributed by atoms with Crippen molar-refractivity contribution in [1.29, 1.82) is 0 Å². The van der Waals surface area contributed by atoms with Crippen LogP contribution in [-0.2, 0) is 4.74 Å². The highest BCUT2D eigenvalue weighted by molar-refractivity contribution is 5.96. The van der Waals surface area contributed by atoms with Gasteiger partial charge >= 0.3 is 0 Å². The van der Waals surface area contributed by atoms with E-state index >= 15 is 0 Å². The fourth-order valence-electron chi connectivity index (χ4n) is 3.01. The Kier molecular flexibility index (Phi) is 5.22. The minimum absolute atomic E-state index is 0.0487. The van der Waals surface area contributed by atoms with Crippen LogP contribution in [0.2, 0.25) is 0 Å². The summed E-state index contributed by atoms with van der Waals surface area (Å²) in [7, 11) is 0. The molecule has 24 heavy (non-hydrogen) atoms. The molecule has 2 aromatic rings. The number of para-hydroxylation sites is 1. The van der Waals surface area contributed by atoms with Crippen molar-refractivity contribution in [3.8, 4) is 0 Å². The highest BCUT2D eigenvalue weighted by Crippen LogP contribution is 2.29. The maximum absolute atomic E-state index is 11.2. The average Bonchev–Trinajstić information content (AvgIpc) is 2.58. The molecule has 1 aromatic heterocycles. The lowest BCUT2D eigenvalue weighted by Gasteiger charge is -2.26. The minimum atomic E-state index is -0.378. The summed E-state index contributed by atoms with van der Waals surface area (Å²) in [6.07, 6.45) is 1.01. The van der Waals surface area contributed by atoms with Crippen LogP contribution in [0.4, 0.5) is 11.4 Å². The Labute approximate surface area is 140 Å². The molecule has 0 radical (unpaired) electrons. The van der Waals surface area contributed by atoms with E-state index in [1.165, 1.54) is 6.07 Å². The molecule has 0 spiro atoms. The zero-order valence-corrected chi connectivity index (χ0v) is 13.8. The molecule has 0 amide bonds. The molecule has 0 unspecified atom stereocenters. The predicted molar refractivity (Wildman–Crippen MR) is 93.5 cm³/mol. The highest BCUT2D eigenvalue weighted by atomic mass is 16.6. The molecule has 3 rings (SSSR count). The minimum Gasteiger partial charge on any atom is -0.384 e. The van der Waals surface area contributed by atoms with Gasteiger partial charge in [-0.25, -0.2) is 4.98 Å². The second kappa shape index (κ2) is 7.55. The summed E-state index contributed by atoms with van der Waals surface area (Å²) in [5, 5.41) is 15.4. The van der Waals surface area contributed by atoms with Crippen LogP contribution in [0, 0.1) is 17.0 Å². The number of aromatic nitrogens is 1. The van der Waals surface area contributed by atoms with Crippen LogP contribution in [0.15, 0.2) is 24.3 Å². The maximum Gasteiger partial charge on any atom is 0.295 e. The molecule has 7 heteroatoms. The van der Waals surface area contributed by atoms with Gasteiger partial charge < -0.3 is 10.1 Å². The smallest absolute Gasteiger partial charge is 0.295 e. The molecule has 128 valence electrons. The molecular weight excluding hydrogens is 308 g/mol. The monoisotopic (exact) mass is 330 g/mol. The molecule has 1 fully saturated rings. The third-order valence-corrected chi connectivity index (χ3v) is 4.21. The number of pyridine rings is 1. The molecule has 1 N–H and O–H groups in total. The Bertz CT molecular complexity index is 729. The van der Waals surface area contributed by atoms with Crippen molar-refractivity contribution in [1.82, 2.24) is 9.88 Å². The number of rotatable bonds is 6. The summed E-state index contributed by atoms with van der Waals surface area (Å²) in [6.45, 7) is 7.30. The standard InChI is InChI=1S/C17H22N4O3/c1-13-12-15(18-6-3-7-20-8-10-24-11-9-20)14-4-2-5-16(21(22)23)17(14)19-13/h2,4-5,12H,3,6-11H2,1H3,(H,18,19). The van der Waals surface area contributed by atoms with Gasteiger partial charge in [0.1, 0.15) is 0 Å². The van der Waals surface area contributed by atoms with E-state index < -0.39 is 0 Å². The summed E-state index contributed by atoms with van der Waals surface area (Å²) >= 11 is 0. The van der Waals surface area contributed by atoms with Gasteiger partial charge in [-0.3, -0.25) is 15.0 Å². The average molecular weight is 330 g/mol. The summed E-state index contributed by atoms with van der Waals surface area (Å²) in [5.74, 6) is 0. The van der Waals surface area contributed by atoms with E-state index in [4.69, 9.17) is 4.74 Å². The normalized spacial score (nSPS) is 15.5. The van der Waals surface area contributed by atoms with Crippen molar-refractivity contribution in [3.05, 3.63) is 40.1 Å². The molecule has 0 bridgehead atoms. The van der Waals surface area contributed by atoms with Gasteiger partial charge in [0.2, 0.25) is 0 Å². The van der Waals surface area contributed by atoms with Crippen molar-refractivity contribution in [2.45, 2.75) is 13.3 Å². The van der Waals surface area contributed by atoms with Crippen LogP contribution in [0.3, 0.4) is 0 Å². The first-order valence-corrected chi connectivity index (χ1v) is 8.24. The lowest BCUT2D eigenvalue weighted by atomic mass is 10.1. The van der Waals surface area contributed by atoms with Crippen molar-refractivity contribution in [2.75, 3.05) is 44.7 Å². The number of hydrogen-bond donors (Lipinski definition) is 1. The first kappa shape index (κ1) is 16.6. The molecule has 2 heterocycles. The van der Waals surface area contributed by atoms with E-state index in [1.807, 2.05) is 19.1 Å². The summed E-state index contributed by atoms with van der Waals surface area (Å²) in [5.41, 5.74) is 2.17. The number of non-ortho nitro benzene ring substituents is 1. The van der Waals surface area contributed by atoms with Crippen LogP contribution >= 0.6 is 0 Å². The second-order valence-electron chi connectivity index (χ2n) is 5.98. The van der Waals surface area contributed by atoms with Crippen LogP contribution < -0.4 is 5.32 Å². The van der Waals surface area contributed by atoms with Crippen molar-refractivity contribution in [2.24, 2.45) is 0 Å². The SMILES string of the molecule is Cc1cc(NCCCN2CCOCC2)c2cccc([N+](=O)[O-])c2n1. The Morgan fingerprint density at radius 3 is 2.92 bits per heavy atom. The van der Waals surface area contributed by atoms with Gasteiger partial charge in [-0.05, 0) is 26.0 Å². The van der Waals surface area contributed by atoms with Gasteiger partial charge in [-0.2, -0.15) is 0 Å². The molecule has 0 saturated carbocycles. The summed E-state index contributed by atoms with van der Waals surface area (Å²) < 4.78 is 5.35. The Morgan fingerprint density at radius 2 is 2.17 bits per heavy atom. The van der Waals surface area contributed by atoms with E-state index in [9.17, 15) is 10.1 Å². The highest BCUT2D eigenvalue weighted by Gasteiger charge is 2.15. The largest absolute Gasteiger partial charge is 0.384 e. The van der Waals surface area contributed by atoms with Crippen molar-refractivity contribution in [3.63, 3.8) is 0 Å². The number of anilines is 1. The molecule has 7 nitrogen and oxygen atoms in total. The van der Waals surface area contributed by atoms with Crippen LogP contribution in [-0.4, -0.2) is 54.2 Å². The Morgan fingerprint density at radius 1 is 1.38 bits per heavy atom. The molecule has 1 aliphatic rings. The van der Waals surface area contributed by atoms with E-state index in [1.54, 1.807) is 6.07 Å². The topological polar surface area (TPSA) is 80.5 Å². The van der Waals surface area contributed by atoms with Crippen LogP contribution in [0.25, 0.3) is 10.9 Å². The molecule has 1 saturated heterocycles. The molecule has 0 aliphatic carbocycles. The van der Waals surface area contributed by atoms with Gasteiger partial charge in [-0.15, -0.1) is 0 Å². The number of aryl methyl sites for hydroxylation is 1. The van der Waals surface area contributed by atoms with Gasteiger partial charge in [-0.1, -0.05) is 12.1 Å². The fourth-order valence-corrected chi connectivity index (χ4v) is 3.01. The van der Waals surface area contributed by atoms with E-state index in [2.05, 4.69) is 15.2 Å². The van der Waals surface area contributed by atoms with Crippen molar-refractivity contribution < 1.29 is 9.66 Å². The fraction of sp³-hybridized carbons (Fsp3) is 0.471. The quantitative estimate of drug-likeness (QED) is 0.498. The zero-order valence-electron chi connectivity index (χ0n) is 13.8. The Hall–Kier alpha value is -2.25. The predicted octanol–water partition coefficient (Wildman–Crippen LogP) is 2.59. The second-order valence-corrected chi connectivity index (χ2v) is 5.98. The molecular formula is C17H22N4O3. The number of morpholine rings is 1. The number of hydrogen-bond acceptors (Lipinski definition) is 6. The van der Waals surface area contributed by atoms with E-state index in [0.717, 1.165) is 62.6 Å². The Balaban J connectivity index is 1.69.